The fraction of sp³-hybridized carbons (Fsp3) is 0.409. The van der Waals surface area contributed by atoms with Crippen molar-refractivity contribution in [1.82, 2.24) is 24.6 Å². The largest absolute Gasteiger partial charge is 0.378 e. The first-order valence-corrected chi connectivity index (χ1v) is 10.4. The summed E-state index contributed by atoms with van der Waals surface area (Å²) in [4.78, 5) is 13.8. The van der Waals surface area contributed by atoms with E-state index in [1.54, 1.807) is 17.2 Å². The molecule has 3 aromatic rings. The van der Waals surface area contributed by atoms with Gasteiger partial charge in [0.1, 0.15) is 6.33 Å². The lowest BCUT2D eigenvalue weighted by Crippen LogP contribution is -2.56. The Hall–Kier alpha value is -2.97. The molecule has 8 heteroatoms. The molecule has 2 aromatic heterocycles. The summed E-state index contributed by atoms with van der Waals surface area (Å²) in [6.45, 7) is 10.2. The highest BCUT2D eigenvalue weighted by molar-refractivity contribution is 5.64. The zero-order valence-corrected chi connectivity index (χ0v) is 17.5. The van der Waals surface area contributed by atoms with E-state index in [2.05, 4.69) is 55.3 Å². The number of anilines is 3. The second-order valence-electron chi connectivity index (χ2n) is 8.10. The molecule has 8 nitrogen and oxygen atoms in total. The Kier molecular flexibility index (Phi) is 5.10. The average Bonchev–Trinajstić information content (AvgIpc) is 3.15. The van der Waals surface area contributed by atoms with Crippen molar-refractivity contribution in [3.8, 4) is 5.82 Å². The second kappa shape index (κ2) is 8.04. The maximum atomic E-state index is 5.34. The zero-order valence-electron chi connectivity index (χ0n) is 17.5. The van der Waals surface area contributed by atoms with E-state index < -0.39 is 0 Å². The Morgan fingerprint density at radius 1 is 1.00 bits per heavy atom. The molecule has 2 fully saturated rings. The van der Waals surface area contributed by atoms with Crippen molar-refractivity contribution >= 4 is 17.3 Å². The first-order chi connectivity index (χ1) is 14.6. The molecule has 0 bridgehead atoms. The summed E-state index contributed by atoms with van der Waals surface area (Å²) in [6, 6.07) is 11.1. The molecule has 0 spiro atoms. The van der Waals surface area contributed by atoms with Crippen LogP contribution in [0.25, 0.3) is 5.82 Å². The van der Waals surface area contributed by atoms with Crippen molar-refractivity contribution in [3.05, 3.63) is 54.0 Å². The van der Waals surface area contributed by atoms with Crippen LogP contribution in [-0.2, 0) is 4.74 Å². The normalized spacial score (nSPS) is 17.7. The van der Waals surface area contributed by atoms with Crippen molar-refractivity contribution in [2.45, 2.75) is 19.9 Å². The van der Waals surface area contributed by atoms with Crippen LogP contribution in [0.1, 0.15) is 12.6 Å². The van der Waals surface area contributed by atoms with Crippen molar-refractivity contribution in [2.24, 2.45) is 0 Å². The Bertz CT molecular complexity index is 1030. The molecule has 0 unspecified atom stereocenters. The number of aromatic nitrogens is 4. The predicted octanol–water partition coefficient (Wildman–Crippen LogP) is 2.79. The number of ether oxygens (including phenoxy) is 1. The van der Waals surface area contributed by atoms with Crippen molar-refractivity contribution in [1.29, 1.82) is 0 Å². The van der Waals surface area contributed by atoms with Crippen LogP contribution in [-0.4, -0.2) is 70.1 Å². The molecule has 0 amide bonds. The van der Waals surface area contributed by atoms with E-state index in [1.165, 1.54) is 11.3 Å². The van der Waals surface area contributed by atoms with Crippen LogP contribution < -0.4 is 10.2 Å². The molecular weight excluding hydrogens is 378 g/mol. The number of nitrogens with zero attached hydrogens (tertiary/aromatic N) is 6. The van der Waals surface area contributed by atoms with Gasteiger partial charge in [-0.25, -0.2) is 9.67 Å². The molecule has 0 atom stereocenters. The molecule has 30 heavy (non-hydrogen) atoms. The number of rotatable bonds is 5. The van der Waals surface area contributed by atoms with Crippen molar-refractivity contribution in [3.63, 3.8) is 0 Å². The monoisotopic (exact) mass is 407 g/mol. The molecule has 5 rings (SSSR count). The highest BCUT2D eigenvalue weighted by Crippen LogP contribution is 2.26. The standard InChI is InChI=1S/C22H27N7O.H2/c1-16-3-4-23-21(11-16)29-15-24-22(26-29)25-18-9-17(2)10-19(12-18)27-5-7-28(8-6-27)20-13-30-14-20;/h3-4,9-12,15,20H,5-8,13-14H2,1-2H3,(H,25,26);1H. The number of piperazine rings is 1. The predicted molar refractivity (Wildman–Crippen MR) is 119 cm³/mol. The van der Waals surface area contributed by atoms with Gasteiger partial charge in [-0.2, -0.15) is 4.98 Å². The van der Waals surface area contributed by atoms with Crippen LogP contribution in [0.4, 0.5) is 17.3 Å². The van der Waals surface area contributed by atoms with Crippen LogP contribution in [0.15, 0.2) is 42.9 Å². The lowest BCUT2D eigenvalue weighted by atomic mass is 10.1. The molecule has 0 radical (unpaired) electrons. The Morgan fingerprint density at radius 2 is 1.83 bits per heavy atom. The third-order valence-electron chi connectivity index (χ3n) is 5.76. The van der Waals surface area contributed by atoms with Crippen LogP contribution in [0.2, 0.25) is 0 Å². The zero-order chi connectivity index (χ0) is 20.5. The molecular formula is C22H29N7O. The SMILES string of the molecule is Cc1cc(Nc2ncn(-c3cc(C)ccn3)n2)cc(N2CCN(C3COC3)CC2)c1.[HH]. The van der Waals surface area contributed by atoms with Crippen LogP contribution in [0.3, 0.4) is 0 Å². The van der Waals surface area contributed by atoms with Gasteiger partial charge in [-0.15, -0.1) is 5.10 Å². The van der Waals surface area contributed by atoms with Gasteiger partial charge in [0.15, 0.2) is 5.82 Å². The smallest absolute Gasteiger partial charge is 0.247 e. The van der Waals surface area contributed by atoms with Crippen molar-refractivity contribution in [2.75, 3.05) is 49.6 Å². The van der Waals surface area contributed by atoms with Crippen LogP contribution >= 0.6 is 0 Å². The van der Waals surface area contributed by atoms with Crippen LogP contribution in [0, 0.1) is 13.8 Å². The minimum absolute atomic E-state index is 0. The van der Waals surface area contributed by atoms with E-state index in [1.807, 2.05) is 19.1 Å². The summed E-state index contributed by atoms with van der Waals surface area (Å²) >= 11 is 0. The second-order valence-corrected chi connectivity index (χ2v) is 8.10. The molecule has 158 valence electrons. The third kappa shape index (κ3) is 4.01. The van der Waals surface area contributed by atoms with Crippen molar-refractivity contribution < 1.29 is 6.16 Å². The molecule has 2 saturated heterocycles. The summed E-state index contributed by atoms with van der Waals surface area (Å²) < 4.78 is 7.03. The molecule has 4 heterocycles. The summed E-state index contributed by atoms with van der Waals surface area (Å²) in [5.74, 6) is 1.32. The molecule has 0 saturated carbocycles. The summed E-state index contributed by atoms with van der Waals surface area (Å²) in [5.41, 5.74) is 4.58. The minimum Gasteiger partial charge on any atom is -0.378 e. The van der Waals surface area contributed by atoms with E-state index in [9.17, 15) is 0 Å². The Labute approximate surface area is 178 Å². The van der Waals surface area contributed by atoms with Gasteiger partial charge in [0.05, 0.1) is 19.3 Å². The van der Waals surface area contributed by atoms with Crippen LogP contribution in [0.5, 0.6) is 0 Å². The van der Waals surface area contributed by atoms with E-state index >= 15 is 0 Å². The van der Waals surface area contributed by atoms with Gasteiger partial charge in [0.25, 0.3) is 0 Å². The van der Waals surface area contributed by atoms with E-state index in [-0.39, 0.29) is 1.43 Å². The quantitative estimate of drug-likeness (QED) is 0.697. The highest BCUT2D eigenvalue weighted by atomic mass is 16.5. The van der Waals surface area contributed by atoms with Gasteiger partial charge < -0.3 is 15.0 Å². The molecule has 2 aliphatic rings. The third-order valence-corrected chi connectivity index (χ3v) is 5.76. The van der Waals surface area contributed by atoms with Gasteiger partial charge >= 0.3 is 0 Å². The fourth-order valence-electron chi connectivity index (χ4n) is 4.00. The lowest BCUT2D eigenvalue weighted by molar-refractivity contribution is -0.0660. The number of hydrogen-bond donors (Lipinski definition) is 1. The number of aryl methyl sites for hydroxylation is 2. The summed E-state index contributed by atoms with van der Waals surface area (Å²) in [7, 11) is 0. The maximum Gasteiger partial charge on any atom is 0.247 e. The molecule has 0 aliphatic carbocycles. The number of nitrogens with one attached hydrogen (secondary N) is 1. The van der Waals surface area contributed by atoms with Gasteiger partial charge in [0.2, 0.25) is 5.95 Å². The number of hydrogen-bond acceptors (Lipinski definition) is 7. The first-order valence-electron chi connectivity index (χ1n) is 10.4. The minimum atomic E-state index is 0. The number of pyridine rings is 1. The van der Waals surface area contributed by atoms with Gasteiger partial charge in [-0.05, 0) is 55.3 Å². The van der Waals surface area contributed by atoms with Gasteiger partial charge in [-0.3, -0.25) is 4.90 Å². The Morgan fingerprint density at radius 3 is 2.57 bits per heavy atom. The van der Waals surface area contributed by atoms with E-state index in [0.717, 1.165) is 56.5 Å². The topological polar surface area (TPSA) is 71.3 Å². The van der Waals surface area contributed by atoms with E-state index in [4.69, 9.17) is 4.74 Å². The molecule has 2 aliphatic heterocycles. The van der Waals surface area contributed by atoms with Gasteiger partial charge in [-0.1, -0.05) is 0 Å². The molecule has 1 N–H and O–H groups in total. The first kappa shape index (κ1) is 19.0. The summed E-state index contributed by atoms with van der Waals surface area (Å²) in [6.07, 6.45) is 3.47. The fourth-order valence-corrected chi connectivity index (χ4v) is 4.00. The average molecular weight is 408 g/mol. The Balaban J connectivity index is 0.00000231. The van der Waals surface area contributed by atoms with E-state index in [0.29, 0.717) is 12.0 Å². The lowest BCUT2D eigenvalue weighted by Gasteiger charge is -2.43. The number of benzene rings is 1. The van der Waals surface area contributed by atoms with Gasteiger partial charge in [0, 0.05) is 45.2 Å². The molecule has 1 aromatic carbocycles. The highest BCUT2D eigenvalue weighted by Gasteiger charge is 2.29. The maximum absolute atomic E-state index is 5.34. The summed E-state index contributed by atoms with van der Waals surface area (Å²) in [5, 5.41) is 7.88.